The van der Waals surface area contributed by atoms with Gasteiger partial charge in [0.15, 0.2) is 11.6 Å². The standard InChI is InChI=1S/C21H19F2N5O3S/c22-13-15(26-25)11-16(14(23)17(13)27-7-6-10(24)8-27)28-19(9-4-2-1-3-5-9)32-20(28)12(18(11)29)21(30)31/h1-5,10,19,26H,6-8,24-25H2,(H,30,31). The van der Waals surface area contributed by atoms with E-state index in [2.05, 4.69) is 5.43 Å². The largest absolute Gasteiger partial charge is 0.477 e. The van der Waals surface area contributed by atoms with Crippen LogP contribution in [0, 0.1) is 11.6 Å². The van der Waals surface area contributed by atoms with E-state index < -0.39 is 45.0 Å². The van der Waals surface area contributed by atoms with E-state index in [4.69, 9.17) is 11.6 Å². The topological polar surface area (TPSA) is 127 Å². The zero-order valence-electron chi connectivity index (χ0n) is 16.6. The lowest BCUT2D eigenvalue weighted by atomic mass is 10.0. The number of thioether (sulfide) groups is 1. The number of hydrazine groups is 1. The number of carbonyl (C=O) groups is 1. The molecule has 2 aliphatic heterocycles. The van der Waals surface area contributed by atoms with Crippen LogP contribution in [0.25, 0.3) is 10.9 Å². The van der Waals surface area contributed by atoms with Crippen LogP contribution >= 0.6 is 11.8 Å². The van der Waals surface area contributed by atoms with Gasteiger partial charge >= 0.3 is 5.97 Å². The Kier molecular flexibility index (Phi) is 4.84. The molecule has 2 aromatic carbocycles. The second-order valence-electron chi connectivity index (χ2n) is 7.78. The van der Waals surface area contributed by atoms with Crippen LogP contribution in [0.1, 0.15) is 27.7 Å². The molecule has 1 saturated heterocycles. The number of hydrogen-bond acceptors (Lipinski definition) is 7. The third kappa shape index (κ3) is 2.81. The van der Waals surface area contributed by atoms with Crippen LogP contribution in [-0.4, -0.2) is 34.8 Å². The van der Waals surface area contributed by atoms with Crippen molar-refractivity contribution in [2.45, 2.75) is 22.9 Å². The molecule has 2 unspecified atom stereocenters. The molecule has 1 fully saturated rings. The van der Waals surface area contributed by atoms with Gasteiger partial charge in [0.1, 0.15) is 22.3 Å². The van der Waals surface area contributed by atoms with Crippen LogP contribution in [0.15, 0.2) is 40.2 Å². The molecule has 11 heteroatoms. The van der Waals surface area contributed by atoms with Gasteiger partial charge in [0.2, 0.25) is 5.43 Å². The zero-order chi connectivity index (χ0) is 22.7. The number of fused-ring (bicyclic) bond motifs is 3. The Bertz CT molecular complexity index is 1330. The van der Waals surface area contributed by atoms with E-state index in [-0.39, 0.29) is 28.8 Å². The molecular formula is C21H19F2N5O3S. The maximum atomic E-state index is 16.0. The minimum absolute atomic E-state index is 0.112. The number of carboxylic acids is 1. The highest BCUT2D eigenvalue weighted by molar-refractivity contribution is 8.00. The number of nitrogen functional groups attached to an aromatic ring is 1. The molecule has 3 aromatic rings. The Balaban J connectivity index is 1.90. The lowest BCUT2D eigenvalue weighted by Crippen LogP contribution is -2.33. The lowest BCUT2D eigenvalue weighted by molar-refractivity contribution is 0.0689. The molecule has 32 heavy (non-hydrogen) atoms. The fourth-order valence-electron chi connectivity index (χ4n) is 4.43. The van der Waals surface area contributed by atoms with E-state index in [9.17, 15) is 14.7 Å². The van der Waals surface area contributed by atoms with Gasteiger partial charge in [-0.2, -0.15) is 0 Å². The second-order valence-corrected chi connectivity index (χ2v) is 8.85. The van der Waals surface area contributed by atoms with Crippen molar-refractivity contribution in [3.05, 3.63) is 63.3 Å². The van der Waals surface area contributed by atoms with Crippen LogP contribution in [-0.2, 0) is 0 Å². The molecule has 6 N–H and O–H groups in total. The zero-order valence-corrected chi connectivity index (χ0v) is 17.5. The lowest BCUT2D eigenvalue weighted by Gasteiger charge is -2.36. The Morgan fingerprint density at radius 2 is 1.94 bits per heavy atom. The average molecular weight is 459 g/mol. The minimum Gasteiger partial charge on any atom is -0.477 e. The Labute approximate surface area is 184 Å². The number of anilines is 2. The van der Waals surface area contributed by atoms with Crippen LogP contribution in [0.4, 0.5) is 20.2 Å². The molecule has 1 aromatic heterocycles. The van der Waals surface area contributed by atoms with E-state index in [1.807, 2.05) is 18.2 Å². The number of aromatic nitrogens is 1. The van der Waals surface area contributed by atoms with Crippen molar-refractivity contribution in [1.82, 2.24) is 4.57 Å². The van der Waals surface area contributed by atoms with Crippen LogP contribution in [0.3, 0.4) is 0 Å². The summed E-state index contributed by atoms with van der Waals surface area (Å²) in [5, 5.41) is 8.88. The number of carboxylic acid groups (broad SMARTS) is 1. The van der Waals surface area contributed by atoms with Crippen molar-refractivity contribution in [1.29, 1.82) is 0 Å². The minimum atomic E-state index is -1.47. The van der Waals surface area contributed by atoms with Gasteiger partial charge in [0.25, 0.3) is 0 Å². The van der Waals surface area contributed by atoms with Crippen LogP contribution < -0.4 is 27.3 Å². The highest BCUT2D eigenvalue weighted by Crippen LogP contribution is 2.52. The van der Waals surface area contributed by atoms with Gasteiger partial charge in [0.05, 0.1) is 15.9 Å². The molecule has 3 heterocycles. The van der Waals surface area contributed by atoms with E-state index in [0.29, 0.717) is 13.0 Å². The predicted molar refractivity (Wildman–Crippen MR) is 118 cm³/mol. The summed E-state index contributed by atoms with van der Waals surface area (Å²) in [5.41, 5.74) is 6.38. The SMILES string of the molecule is NNc1c(F)c(N2CCC(N)C2)c(F)c2c1c(=O)c(C(=O)O)c1n2C(c2ccccc2)S1. The van der Waals surface area contributed by atoms with Gasteiger partial charge in [-0.3, -0.25) is 10.6 Å². The maximum absolute atomic E-state index is 16.0. The number of aromatic carboxylic acids is 1. The molecule has 0 spiro atoms. The summed E-state index contributed by atoms with van der Waals surface area (Å²) in [6.45, 7) is 0.580. The first-order valence-corrected chi connectivity index (χ1v) is 10.8. The molecule has 0 radical (unpaired) electrons. The number of halogens is 2. The van der Waals surface area contributed by atoms with E-state index in [0.717, 1.165) is 17.3 Å². The first-order chi connectivity index (χ1) is 15.3. The molecule has 0 aliphatic carbocycles. The first kappa shape index (κ1) is 20.7. The van der Waals surface area contributed by atoms with Crippen molar-refractivity contribution in [3.63, 3.8) is 0 Å². The maximum Gasteiger partial charge on any atom is 0.342 e. The average Bonchev–Trinajstić information content (AvgIpc) is 3.17. The summed E-state index contributed by atoms with van der Waals surface area (Å²) >= 11 is 1.14. The second kappa shape index (κ2) is 7.47. The normalized spacial score (nSPS) is 19.7. The molecule has 2 aliphatic rings. The fraction of sp³-hybridized carbons (Fsp3) is 0.238. The Hall–Kier alpha value is -3.15. The molecular weight excluding hydrogens is 440 g/mol. The van der Waals surface area contributed by atoms with Crippen molar-refractivity contribution in [2.24, 2.45) is 11.6 Å². The third-order valence-electron chi connectivity index (χ3n) is 5.90. The number of hydrogen-bond donors (Lipinski definition) is 4. The summed E-state index contributed by atoms with van der Waals surface area (Å²) in [4.78, 5) is 26.5. The summed E-state index contributed by atoms with van der Waals surface area (Å²) in [6.07, 6.45) is 0.556. The molecule has 166 valence electrons. The van der Waals surface area contributed by atoms with Gasteiger partial charge in [-0.05, 0) is 12.0 Å². The number of nitrogens with zero attached hydrogens (tertiary/aromatic N) is 2. The van der Waals surface area contributed by atoms with Crippen LogP contribution in [0.5, 0.6) is 0 Å². The third-order valence-corrected chi connectivity index (χ3v) is 7.23. The van der Waals surface area contributed by atoms with Gasteiger partial charge in [-0.25, -0.2) is 13.6 Å². The highest BCUT2D eigenvalue weighted by atomic mass is 32.2. The van der Waals surface area contributed by atoms with Crippen molar-refractivity contribution >= 4 is 40.0 Å². The van der Waals surface area contributed by atoms with Crippen molar-refractivity contribution in [3.8, 4) is 0 Å². The van der Waals surface area contributed by atoms with Crippen molar-refractivity contribution < 1.29 is 18.7 Å². The summed E-state index contributed by atoms with van der Waals surface area (Å²) in [5.74, 6) is 2.08. The Morgan fingerprint density at radius 1 is 1.22 bits per heavy atom. The number of rotatable bonds is 4. The molecule has 8 nitrogen and oxygen atoms in total. The Morgan fingerprint density at radius 3 is 2.53 bits per heavy atom. The first-order valence-electron chi connectivity index (χ1n) is 9.90. The number of nitrogens with two attached hydrogens (primary N) is 2. The van der Waals surface area contributed by atoms with Crippen LogP contribution in [0.2, 0.25) is 0 Å². The van der Waals surface area contributed by atoms with Gasteiger partial charge in [-0.1, -0.05) is 42.1 Å². The quantitative estimate of drug-likeness (QED) is 0.346. The van der Waals surface area contributed by atoms with Gasteiger partial charge < -0.3 is 25.7 Å². The molecule has 0 saturated carbocycles. The summed E-state index contributed by atoms with van der Waals surface area (Å²) in [6, 6.07) is 8.81. The van der Waals surface area contributed by atoms with E-state index >= 15 is 8.78 Å². The molecule has 5 rings (SSSR count). The molecule has 2 atom stereocenters. The monoisotopic (exact) mass is 459 g/mol. The smallest absolute Gasteiger partial charge is 0.342 e. The van der Waals surface area contributed by atoms with Gasteiger partial charge in [0, 0.05) is 19.1 Å². The van der Waals surface area contributed by atoms with E-state index in [1.165, 1.54) is 9.47 Å². The summed E-state index contributed by atoms with van der Waals surface area (Å²) in [7, 11) is 0. The molecule has 0 bridgehead atoms. The predicted octanol–water partition coefficient (Wildman–Crippen LogP) is 2.45. The fourth-order valence-corrected chi connectivity index (χ4v) is 5.70. The number of benzene rings is 2. The van der Waals surface area contributed by atoms with E-state index in [1.54, 1.807) is 12.1 Å². The highest BCUT2D eigenvalue weighted by Gasteiger charge is 2.40. The number of nitrogens with one attached hydrogen (secondary N) is 1. The number of pyridine rings is 1. The van der Waals surface area contributed by atoms with Crippen molar-refractivity contribution in [2.75, 3.05) is 23.4 Å². The molecule has 0 amide bonds. The van der Waals surface area contributed by atoms with Gasteiger partial charge in [-0.15, -0.1) is 0 Å². The summed E-state index contributed by atoms with van der Waals surface area (Å²) < 4.78 is 32.9.